The number of carbonyl (C=O) groups is 2. The van der Waals surface area contributed by atoms with Gasteiger partial charge in [-0.3, -0.25) is 4.79 Å². The van der Waals surface area contributed by atoms with E-state index in [0.29, 0.717) is 52.4 Å². The summed E-state index contributed by atoms with van der Waals surface area (Å²) < 4.78 is 93.7. The average Bonchev–Trinajstić information content (AvgIpc) is 0.676. The molecule has 0 amide bonds. The molecule has 15 aliphatic rings. The largest absolute Gasteiger partial charge is 0.508 e. The molecule has 500 valence electrons. The Hall–Kier alpha value is -4.24. The second-order valence-electron chi connectivity index (χ2n) is 24.5. The molecule has 0 radical (unpaired) electrons. The van der Waals surface area contributed by atoms with Crippen LogP contribution >= 0.6 is 0 Å². The second-order valence-corrected chi connectivity index (χ2v) is 24.5. The summed E-state index contributed by atoms with van der Waals surface area (Å²) in [5.74, 6) is 2.76. The number of hydrogen-bond donors (Lipinski definition) is 6. The summed E-state index contributed by atoms with van der Waals surface area (Å²) in [6.07, 6.45) is 9.56. The maximum absolute atomic E-state index is 11.6. The van der Waals surface area contributed by atoms with Gasteiger partial charge in [-0.25, -0.2) is 14.6 Å². The number of rotatable bonds is 8. The average molecular weight is 1250 g/mol. The van der Waals surface area contributed by atoms with Crippen LogP contribution in [0, 0.1) is 71.0 Å². The van der Waals surface area contributed by atoms with Crippen LogP contribution in [0.25, 0.3) is 0 Å². The van der Waals surface area contributed by atoms with E-state index in [1.165, 1.54) is 69.2 Å². The molecular formula is C71H114O17. The van der Waals surface area contributed by atoms with Gasteiger partial charge in [0, 0.05) is 37.0 Å². The Morgan fingerprint density at radius 2 is 0.932 bits per heavy atom. The van der Waals surface area contributed by atoms with Gasteiger partial charge in [-0.1, -0.05) is 109 Å². The molecule has 4 unspecified atom stereocenters. The Kier molecular flexibility index (Phi) is 22.7. The molecule has 3 saturated heterocycles. The van der Waals surface area contributed by atoms with Crippen molar-refractivity contribution in [2.24, 2.45) is 71.0 Å². The normalized spacial score (nSPS) is 41.0. The fourth-order valence-corrected chi connectivity index (χ4v) is 17.5. The van der Waals surface area contributed by atoms with E-state index in [1.54, 1.807) is 42.5 Å². The summed E-state index contributed by atoms with van der Waals surface area (Å²) in [5.41, 5.74) is -0.790. The highest BCUT2D eigenvalue weighted by atomic mass is 17.3. The Morgan fingerprint density at radius 3 is 1.32 bits per heavy atom. The van der Waals surface area contributed by atoms with Gasteiger partial charge in [0.15, 0.2) is 11.2 Å². The van der Waals surface area contributed by atoms with E-state index in [0.717, 1.165) is 69.3 Å². The number of ether oxygens (including phenoxy) is 5. The first-order valence-corrected chi connectivity index (χ1v) is 30.7. The van der Waals surface area contributed by atoms with Crippen molar-refractivity contribution < 1.29 is 95.8 Å². The maximum Gasteiger partial charge on any atom is 0.337 e. The summed E-state index contributed by atoms with van der Waals surface area (Å²) >= 11 is 0. The zero-order chi connectivity index (χ0) is 67.1. The van der Waals surface area contributed by atoms with Crippen molar-refractivity contribution in [1.82, 2.24) is 0 Å². The summed E-state index contributed by atoms with van der Waals surface area (Å²) in [7, 11) is -8.15. The molecule has 0 aromatic heterocycles. The van der Waals surface area contributed by atoms with Gasteiger partial charge in [0.2, 0.25) is 6.29 Å². The molecule has 2 spiro atoms. The van der Waals surface area contributed by atoms with Crippen molar-refractivity contribution in [3.63, 3.8) is 0 Å². The fourth-order valence-electron chi connectivity index (χ4n) is 17.5. The van der Waals surface area contributed by atoms with E-state index in [1.807, 2.05) is 41.5 Å². The first kappa shape index (κ1) is 62.6. The van der Waals surface area contributed by atoms with Gasteiger partial charge in [0.1, 0.15) is 47.4 Å². The van der Waals surface area contributed by atoms with Gasteiger partial charge < -0.3 is 54.3 Å². The van der Waals surface area contributed by atoms with Crippen LogP contribution in [0.3, 0.4) is 0 Å². The van der Waals surface area contributed by atoms with Gasteiger partial charge in [0.25, 0.3) is 11.6 Å². The Labute approximate surface area is 539 Å². The number of ketones is 1. The first-order chi connectivity index (χ1) is 43.6. The van der Waals surface area contributed by atoms with Crippen LogP contribution < -0.4 is 4.74 Å². The van der Waals surface area contributed by atoms with Crippen LogP contribution in [0.4, 0.5) is 0 Å². The number of methoxy groups -OCH3 is 3. The molecule has 18 rings (SSSR count). The number of phenolic OH excluding ortho intramolecular Hbond substituents is 2. The molecule has 12 saturated carbocycles. The zero-order valence-electron chi connectivity index (χ0n) is 57.7. The van der Waals surface area contributed by atoms with E-state index in [-0.39, 0.29) is 83.6 Å². The predicted molar refractivity (Wildman–Crippen MR) is 339 cm³/mol. The summed E-state index contributed by atoms with van der Waals surface area (Å²) in [6.45, 7) is 11.4. The summed E-state index contributed by atoms with van der Waals surface area (Å²) in [5, 5.41) is 58.9. The molecule has 12 bridgehead atoms. The topological polar surface area (TPSA) is 239 Å². The third-order valence-electron chi connectivity index (χ3n) is 20.3. The number of Topliss-reactive ketones (excluding diaryl/α,β-unsaturated/α-hetero) is 1. The molecule has 3 aliphatic heterocycles. The monoisotopic (exact) mass is 1250 g/mol. The molecule has 17 heteroatoms. The molecule has 15 fully saturated rings. The van der Waals surface area contributed by atoms with E-state index >= 15 is 0 Å². The molecule has 3 heterocycles. The molecule has 3 aromatic rings. The number of benzene rings is 3. The quantitative estimate of drug-likeness (QED) is 0.0908. The van der Waals surface area contributed by atoms with E-state index in [4.69, 9.17) is 55.9 Å². The number of esters is 1. The highest BCUT2D eigenvalue weighted by molar-refractivity contribution is 5.89. The molecule has 88 heavy (non-hydrogen) atoms. The number of aliphatic hydroxyl groups is 4. The number of aliphatic hydroxyl groups excluding tert-OH is 4. The van der Waals surface area contributed by atoms with Crippen molar-refractivity contribution in [2.45, 2.75) is 228 Å². The SMILES string of the molecule is C.C.C.C.C.CC.CC.CC.O=C1C2CC3CC(C2)CC1C3.[2H]C([2H])([2H])OC(=O)c1cccc(O)c1.[2H]C([2H])([2H])OC1(c2cccc(O)c2)OOC12C1CC3CC(C1)CC2C3.[2H]C([2H])([2H])OC1(c2cccc(O[C@@H]3OC(CO)[C@H](O)C(O)[C@@H]3O)c2)OOC12C1CC3CC(C1)CC2C3. The number of hydrogen-bond acceptors (Lipinski definition) is 17. The van der Waals surface area contributed by atoms with Gasteiger partial charge in [0.05, 0.1) is 31.5 Å². The molecule has 7 atom stereocenters. The minimum absolute atomic E-state index is 0. The van der Waals surface area contributed by atoms with Crippen molar-refractivity contribution in [1.29, 1.82) is 0 Å². The molecular weight excluding hydrogens is 1120 g/mol. The van der Waals surface area contributed by atoms with Crippen molar-refractivity contribution in [3.8, 4) is 17.2 Å². The lowest BCUT2D eigenvalue weighted by molar-refractivity contribution is -0.645. The summed E-state index contributed by atoms with van der Waals surface area (Å²) in [6, 6.07) is 18.3. The van der Waals surface area contributed by atoms with Crippen LogP contribution in [-0.4, -0.2) is 112 Å². The highest BCUT2D eigenvalue weighted by Crippen LogP contribution is 2.71. The molecule has 3 aromatic carbocycles. The lowest BCUT2D eigenvalue weighted by Gasteiger charge is -2.68. The van der Waals surface area contributed by atoms with Crippen molar-refractivity contribution in [2.75, 3.05) is 27.7 Å². The minimum Gasteiger partial charge on any atom is -0.508 e. The van der Waals surface area contributed by atoms with Crippen molar-refractivity contribution >= 4 is 11.8 Å². The zero-order valence-corrected chi connectivity index (χ0v) is 48.7. The Morgan fingerprint density at radius 1 is 0.523 bits per heavy atom. The summed E-state index contributed by atoms with van der Waals surface area (Å²) in [4.78, 5) is 45.6. The lowest BCUT2D eigenvalue weighted by Crippen LogP contribution is -2.76. The van der Waals surface area contributed by atoms with Gasteiger partial charge in [-0.15, -0.1) is 0 Å². The van der Waals surface area contributed by atoms with Crippen LogP contribution in [0.15, 0.2) is 72.8 Å². The number of carbonyl (C=O) groups excluding carboxylic acids is 2. The van der Waals surface area contributed by atoms with Crippen LogP contribution in [-0.2, 0) is 54.9 Å². The van der Waals surface area contributed by atoms with Crippen LogP contribution in [0.2, 0.25) is 0 Å². The molecule has 6 N–H and O–H groups in total. The fraction of sp³-hybridized carbons (Fsp3) is 0.718. The third-order valence-corrected chi connectivity index (χ3v) is 20.3. The van der Waals surface area contributed by atoms with Crippen molar-refractivity contribution in [3.05, 3.63) is 89.5 Å². The molecule has 12 aliphatic carbocycles. The van der Waals surface area contributed by atoms with Gasteiger partial charge in [-0.05, 0) is 198 Å². The Bertz CT molecular complexity index is 2890. The van der Waals surface area contributed by atoms with Gasteiger partial charge >= 0.3 is 5.97 Å². The number of phenols is 2. The van der Waals surface area contributed by atoms with Crippen LogP contribution in [0.5, 0.6) is 17.2 Å². The minimum atomic E-state index is -2.76. The Balaban J connectivity index is 0.000000285. The highest BCUT2D eigenvalue weighted by Gasteiger charge is 2.78. The molecule has 17 nitrogen and oxygen atoms in total. The maximum atomic E-state index is 11.6. The third kappa shape index (κ3) is 13.4. The predicted octanol–water partition coefficient (Wildman–Crippen LogP) is 13.6. The standard InChI is InChI=1S/C24H32O9.C18H22O4.C10H14O.C8H8O3.3C2H6.5CH4/c1-29-24(23(32-33-24)15-6-12-5-13(8-15)9-16(23)7-12)14-3-2-4-17(10-14)30-22-21(28)20(27)19(26)18(11-25)31-22;1-20-18(13-3-2-4-16(19)10-13)17(21-22-18)14-6-11-5-12(8-14)9-15(17)7-11;11-10-8-2-6-1-7(4-8)5-9(10)3-6;1-11-8(10)6-3-2-4-7(9)5-6;3*1-2;;;;;/h2-4,10,12-13,15-16,18-22,25-28H,5-9,11H2,1H3;2-4,10-12,14-15,19H,5-9H2,1H3;6-9H,1-5H2;2-5,9H,1H3;3*1-2H3;5*1H4/t12?,13?,15?,16?,18?,19-,20?,21-,22+,23?,24?;;;;;;;;;;;/m0.........../s1/i2*1D3;;1D3;;;;;;;;. The smallest absolute Gasteiger partial charge is 0.337 e. The van der Waals surface area contributed by atoms with E-state index < -0.39 is 87.2 Å². The second kappa shape index (κ2) is 31.9. The van der Waals surface area contributed by atoms with Crippen LogP contribution in [0.1, 0.15) is 209 Å². The first-order valence-electron chi connectivity index (χ1n) is 35.2. The lowest BCUT2D eigenvalue weighted by atomic mass is 9.47. The van der Waals surface area contributed by atoms with Gasteiger partial charge in [-0.2, -0.15) is 9.78 Å². The van der Waals surface area contributed by atoms with E-state index in [2.05, 4.69) is 4.74 Å². The van der Waals surface area contributed by atoms with E-state index in [9.17, 15) is 35.1 Å². The number of aromatic hydroxyl groups is 2.